The molecule has 1 saturated carbocycles. The van der Waals surface area contributed by atoms with Gasteiger partial charge >= 0.3 is 6.09 Å². The summed E-state index contributed by atoms with van der Waals surface area (Å²) in [6, 6.07) is 0. The first-order chi connectivity index (χ1) is 9.34. The summed E-state index contributed by atoms with van der Waals surface area (Å²) in [6.45, 7) is 7.68. The molecular weight excluding hydrogens is 254 g/mol. The Kier molecular flexibility index (Phi) is 4.62. The molecule has 0 aromatic heterocycles. The SMILES string of the molecule is CC(C)(C)OC(=O)N1CCC2(CCC(CCO)C2)CC1. The van der Waals surface area contributed by atoms with Crippen molar-refractivity contribution in [2.24, 2.45) is 11.3 Å². The van der Waals surface area contributed by atoms with Crippen LogP contribution in [0.2, 0.25) is 0 Å². The highest BCUT2D eigenvalue weighted by Crippen LogP contribution is 2.49. The maximum atomic E-state index is 12.1. The lowest BCUT2D eigenvalue weighted by atomic mass is 9.76. The van der Waals surface area contributed by atoms with Gasteiger partial charge in [-0.3, -0.25) is 0 Å². The van der Waals surface area contributed by atoms with Gasteiger partial charge < -0.3 is 14.7 Å². The van der Waals surface area contributed by atoms with E-state index in [0.717, 1.165) is 32.4 Å². The quantitative estimate of drug-likeness (QED) is 0.846. The molecule has 1 atom stereocenters. The summed E-state index contributed by atoms with van der Waals surface area (Å²) >= 11 is 0. The van der Waals surface area contributed by atoms with Crippen LogP contribution < -0.4 is 0 Å². The fraction of sp³-hybridized carbons (Fsp3) is 0.938. The van der Waals surface area contributed by atoms with E-state index >= 15 is 0 Å². The van der Waals surface area contributed by atoms with Gasteiger partial charge in [0.05, 0.1) is 0 Å². The van der Waals surface area contributed by atoms with Gasteiger partial charge in [0.1, 0.15) is 5.60 Å². The van der Waals surface area contributed by atoms with Gasteiger partial charge in [-0.15, -0.1) is 0 Å². The fourth-order valence-electron chi connectivity index (χ4n) is 3.70. The van der Waals surface area contributed by atoms with Crippen molar-refractivity contribution in [2.45, 2.75) is 64.9 Å². The van der Waals surface area contributed by atoms with Gasteiger partial charge in [0.15, 0.2) is 0 Å². The molecule has 2 rings (SSSR count). The Hall–Kier alpha value is -0.770. The van der Waals surface area contributed by atoms with Crippen LogP contribution in [0.15, 0.2) is 0 Å². The first kappa shape index (κ1) is 15.6. The summed E-state index contributed by atoms with van der Waals surface area (Å²) in [5.41, 5.74) is 0.0180. The second kappa shape index (κ2) is 5.92. The third kappa shape index (κ3) is 3.87. The molecular formula is C16H29NO3. The van der Waals surface area contributed by atoms with E-state index in [2.05, 4.69) is 0 Å². The highest BCUT2D eigenvalue weighted by Gasteiger charge is 2.42. The number of hydrogen-bond acceptors (Lipinski definition) is 3. The number of carbonyl (C=O) groups is 1. The van der Waals surface area contributed by atoms with Crippen LogP contribution in [0.3, 0.4) is 0 Å². The molecule has 1 aliphatic heterocycles. The Bertz CT molecular complexity index is 340. The molecule has 116 valence electrons. The molecule has 4 nitrogen and oxygen atoms in total. The number of likely N-dealkylation sites (tertiary alicyclic amines) is 1. The van der Waals surface area contributed by atoms with E-state index in [1.165, 1.54) is 19.3 Å². The number of rotatable bonds is 2. The number of amides is 1. The second-order valence-corrected chi connectivity index (χ2v) is 7.59. The van der Waals surface area contributed by atoms with E-state index in [0.29, 0.717) is 17.9 Å². The molecule has 0 bridgehead atoms. The lowest BCUT2D eigenvalue weighted by Crippen LogP contribution is -2.44. The Morgan fingerprint density at radius 2 is 1.95 bits per heavy atom. The lowest BCUT2D eigenvalue weighted by Gasteiger charge is -2.40. The summed E-state index contributed by atoms with van der Waals surface area (Å²) < 4.78 is 5.44. The number of aliphatic hydroxyl groups excluding tert-OH is 1. The zero-order valence-corrected chi connectivity index (χ0v) is 13.2. The Morgan fingerprint density at radius 3 is 2.50 bits per heavy atom. The number of carbonyl (C=O) groups excluding carboxylic acids is 1. The minimum Gasteiger partial charge on any atom is -0.444 e. The van der Waals surface area contributed by atoms with Gasteiger partial charge in [0.2, 0.25) is 0 Å². The predicted molar refractivity (Wildman–Crippen MR) is 78.5 cm³/mol. The van der Waals surface area contributed by atoms with Crippen molar-refractivity contribution < 1.29 is 14.6 Å². The van der Waals surface area contributed by atoms with Gasteiger partial charge in [-0.25, -0.2) is 4.79 Å². The van der Waals surface area contributed by atoms with Crippen LogP contribution in [0.1, 0.15) is 59.3 Å². The van der Waals surface area contributed by atoms with E-state index in [1.807, 2.05) is 25.7 Å². The van der Waals surface area contributed by atoms with Gasteiger partial charge in [-0.1, -0.05) is 0 Å². The summed E-state index contributed by atoms with van der Waals surface area (Å²) in [5, 5.41) is 9.07. The van der Waals surface area contributed by atoms with E-state index in [1.54, 1.807) is 0 Å². The van der Waals surface area contributed by atoms with Crippen molar-refractivity contribution in [3.8, 4) is 0 Å². The van der Waals surface area contributed by atoms with Crippen molar-refractivity contribution in [1.29, 1.82) is 0 Å². The lowest BCUT2D eigenvalue weighted by molar-refractivity contribution is 0.0102. The van der Waals surface area contributed by atoms with Crippen LogP contribution in [-0.4, -0.2) is 41.4 Å². The fourth-order valence-corrected chi connectivity index (χ4v) is 3.70. The molecule has 1 unspecified atom stereocenters. The van der Waals surface area contributed by atoms with Crippen LogP contribution >= 0.6 is 0 Å². The van der Waals surface area contributed by atoms with Crippen LogP contribution in [0.25, 0.3) is 0 Å². The molecule has 1 saturated heterocycles. The summed E-state index contributed by atoms with van der Waals surface area (Å²) in [6.07, 6.45) is 6.69. The third-order valence-electron chi connectivity index (χ3n) is 4.82. The monoisotopic (exact) mass is 283 g/mol. The summed E-state index contributed by atoms with van der Waals surface area (Å²) in [5.74, 6) is 0.688. The molecule has 0 radical (unpaired) electrons. The standard InChI is InChI=1S/C16H29NO3/c1-15(2,3)20-14(19)17-9-7-16(8-10-17)6-4-13(12-16)5-11-18/h13,18H,4-12H2,1-3H3. The minimum absolute atomic E-state index is 0.169. The maximum Gasteiger partial charge on any atom is 0.410 e. The number of nitrogens with zero attached hydrogens (tertiary/aromatic N) is 1. The molecule has 0 aromatic carbocycles. The van der Waals surface area contributed by atoms with E-state index in [4.69, 9.17) is 9.84 Å². The highest BCUT2D eigenvalue weighted by molar-refractivity contribution is 5.68. The van der Waals surface area contributed by atoms with Gasteiger partial charge in [0, 0.05) is 19.7 Å². The third-order valence-corrected chi connectivity index (χ3v) is 4.82. The van der Waals surface area contributed by atoms with Crippen LogP contribution in [-0.2, 0) is 4.74 Å². The molecule has 2 fully saturated rings. The van der Waals surface area contributed by atoms with Crippen LogP contribution in [0.4, 0.5) is 4.79 Å². The Labute approximate surface area is 122 Å². The van der Waals surface area contributed by atoms with Crippen molar-refractivity contribution in [3.63, 3.8) is 0 Å². The van der Waals surface area contributed by atoms with Crippen LogP contribution in [0, 0.1) is 11.3 Å². The molecule has 20 heavy (non-hydrogen) atoms. The number of hydrogen-bond donors (Lipinski definition) is 1. The number of aliphatic hydroxyl groups is 1. The maximum absolute atomic E-state index is 12.1. The topological polar surface area (TPSA) is 49.8 Å². The predicted octanol–water partition coefficient (Wildman–Crippen LogP) is 3.19. The van der Waals surface area contributed by atoms with Crippen molar-refractivity contribution in [3.05, 3.63) is 0 Å². The molecule has 1 spiro atoms. The minimum atomic E-state index is -0.411. The van der Waals surface area contributed by atoms with Gasteiger partial charge in [-0.05, 0) is 70.6 Å². The normalized spacial score (nSPS) is 26.0. The molecule has 1 aliphatic carbocycles. The molecule has 1 amide bonds. The largest absolute Gasteiger partial charge is 0.444 e. The smallest absolute Gasteiger partial charge is 0.410 e. The van der Waals surface area contributed by atoms with Crippen molar-refractivity contribution in [1.82, 2.24) is 4.90 Å². The molecule has 2 aliphatic rings. The first-order valence-electron chi connectivity index (χ1n) is 7.92. The second-order valence-electron chi connectivity index (χ2n) is 7.59. The highest BCUT2D eigenvalue weighted by atomic mass is 16.6. The van der Waals surface area contributed by atoms with Crippen LogP contribution in [0.5, 0.6) is 0 Å². The van der Waals surface area contributed by atoms with E-state index < -0.39 is 5.60 Å². The first-order valence-corrected chi connectivity index (χ1v) is 7.92. The van der Waals surface area contributed by atoms with E-state index in [-0.39, 0.29) is 6.09 Å². The zero-order chi connectivity index (χ0) is 14.8. The molecule has 0 aromatic rings. The van der Waals surface area contributed by atoms with Crippen molar-refractivity contribution >= 4 is 6.09 Å². The molecule has 4 heteroatoms. The zero-order valence-electron chi connectivity index (χ0n) is 13.2. The average Bonchev–Trinajstić information content (AvgIpc) is 2.71. The number of piperidine rings is 1. The Balaban J connectivity index is 1.82. The van der Waals surface area contributed by atoms with Gasteiger partial charge in [0.25, 0.3) is 0 Å². The number of ether oxygens (including phenoxy) is 1. The van der Waals surface area contributed by atoms with E-state index in [9.17, 15) is 4.79 Å². The molecule has 1 N–H and O–H groups in total. The Morgan fingerprint density at radius 1 is 1.30 bits per heavy atom. The van der Waals surface area contributed by atoms with Crippen molar-refractivity contribution in [2.75, 3.05) is 19.7 Å². The average molecular weight is 283 g/mol. The van der Waals surface area contributed by atoms with Gasteiger partial charge in [-0.2, -0.15) is 0 Å². The summed E-state index contributed by atoms with van der Waals surface area (Å²) in [4.78, 5) is 13.9. The molecule has 1 heterocycles. The summed E-state index contributed by atoms with van der Waals surface area (Å²) in [7, 11) is 0.